The summed E-state index contributed by atoms with van der Waals surface area (Å²) in [6.07, 6.45) is 0. The number of hydrogen-bond acceptors (Lipinski definition) is 4. The van der Waals surface area contributed by atoms with Gasteiger partial charge in [0.05, 0.1) is 11.1 Å². The van der Waals surface area contributed by atoms with Gasteiger partial charge in [0.15, 0.2) is 0 Å². The number of aromatic carboxylic acids is 2. The van der Waals surface area contributed by atoms with Gasteiger partial charge in [0.25, 0.3) is 0 Å². The molecule has 0 atom stereocenters. The fourth-order valence-electron chi connectivity index (χ4n) is 0.987. The third kappa shape index (κ3) is 1.58. The zero-order valence-corrected chi connectivity index (χ0v) is 6.80. The van der Waals surface area contributed by atoms with Crippen LogP contribution in [-0.4, -0.2) is 22.2 Å². The molecule has 0 aliphatic rings. The SMILES string of the molecule is O=Nc1c(C(=O)O)cccc1C(=O)O. The first-order valence-electron chi connectivity index (χ1n) is 3.51. The van der Waals surface area contributed by atoms with Crippen molar-refractivity contribution in [2.75, 3.05) is 0 Å². The summed E-state index contributed by atoms with van der Waals surface area (Å²) in [7, 11) is 0. The first-order chi connectivity index (χ1) is 6.57. The standard InChI is InChI=1S/C8H5NO5/c10-7(11)4-2-1-3-5(8(12)13)6(4)9-14/h1-3H,(H,10,11)(H,12,13). The van der Waals surface area contributed by atoms with Gasteiger partial charge in [0.1, 0.15) is 5.69 Å². The van der Waals surface area contributed by atoms with Crippen molar-refractivity contribution in [1.82, 2.24) is 0 Å². The largest absolute Gasteiger partial charge is 0.478 e. The second kappa shape index (κ2) is 3.65. The molecule has 1 rings (SSSR count). The van der Waals surface area contributed by atoms with E-state index in [1.54, 1.807) is 0 Å². The van der Waals surface area contributed by atoms with Crippen LogP contribution in [0.25, 0.3) is 0 Å². The van der Waals surface area contributed by atoms with Gasteiger partial charge in [-0.3, -0.25) is 0 Å². The summed E-state index contributed by atoms with van der Waals surface area (Å²) in [4.78, 5) is 31.4. The van der Waals surface area contributed by atoms with E-state index in [4.69, 9.17) is 10.2 Å². The second-order valence-corrected chi connectivity index (χ2v) is 2.40. The smallest absolute Gasteiger partial charge is 0.338 e. The monoisotopic (exact) mass is 195 g/mol. The van der Waals surface area contributed by atoms with Crippen LogP contribution in [0.5, 0.6) is 0 Å². The van der Waals surface area contributed by atoms with Crippen molar-refractivity contribution >= 4 is 17.6 Å². The Morgan fingerprint density at radius 1 is 1.07 bits per heavy atom. The normalized spacial score (nSPS) is 9.43. The molecule has 0 amide bonds. The van der Waals surface area contributed by atoms with Crippen molar-refractivity contribution < 1.29 is 19.8 Å². The summed E-state index contributed by atoms with van der Waals surface area (Å²) in [5.74, 6) is -2.77. The second-order valence-electron chi connectivity index (χ2n) is 2.40. The summed E-state index contributed by atoms with van der Waals surface area (Å²) in [6, 6.07) is 3.47. The van der Waals surface area contributed by atoms with Gasteiger partial charge in [-0.05, 0) is 17.3 Å². The fraction of sp³-hybridized carbons (Fsp3) is 0. The van der Waals surface area contributed by atoms with Crippen molar-refractivity contribution in [2.24, 2.45) is 5.18 Å². The molecule has 2 N–H and O–H groups in total. The Kier molecular flexibility index (Phi) is 2.57. The molecule has 0 bridgehead atoms. The zero-order chi connectivity index (χ0) is 10.7. The lowest BCUT2D eigenvalue weighted by Crippen LogP contribution is -2.03. The molecule has 0 aromatic heterocycles. The van der Waals surface area contributed by atoms with Crippen LogP contribution in [0, 0.1) is 4.91 Å². The van der Waals surface area contributed by atoms with Crippen LogP contribution in [0.15, 0.2) is 23.4 Å². The van der Waals surface area contributed by atoms with E-state index in [1.165, 1.54) is 6.07 Å². The number of nitroso groups, excluding NO2 is 1. The predicted molar refractivity (Wildman–Crippen MR) is 45.8 cm³/mol. The van der Waals surface area contributed by atoms with E-state index in [9.17, 15) is 14.5 Å². The van der Waals surface area contributed by atoms with E-state index < -0.39 is 28.8 Å². The predicted octanol–water partition coefficient (Wildman–Crippen LogP) is 1.48. The number of nitrogens with zero attached hydrogens (tertiary/aromatic N) is 1. The number of benzene rings is 1. The maximum Gasteiger partial charge on any atom is 0.338 e. The van der Waals surface area contributed by atoms with E-state index in [2.05, 4.69) is 5.18 Å². The van der Waals surface area contributed by atoms with Crippen LogP contribution in [0.2, 0.25) is 0 Å². The summed E-state index contributed by atoms with van der Waals surface area (Å²) in [5.41, 5.74) is -1.40. The molecule has 0 radical (unpaired) electrons. The Labute approximate surface area is 77.8 Å². The zero-order valence-electron chi connectivity index (χ0n) is 6.80. The van der Waals surface area contributed by atoms with E-state index >= 15 is 0 Å². The minimum absolute atomic E-state index is 0.417. The average molecular weight is 195 g/mol. The van der Waals surface area contributed by atoms with Gasteiger partial charge in [-0.1, -0.05) is 6.07 Å². The highest BCUT2D eigenvalue weighted by atomic mass is 16.4. The van der Waals surface area contributed by atoms with Crippen LogP contribution < -0.4 is 0 Å². The molecule has 0 unspecified atom stereocenters. The minimum atomic E-state index is -1.39. The number of carboxylic acid groups (broad SMARTS) is 2. The number of rotatable bonds is 3. The van der Waals surface area contributed by atoms with Gasteiger partial charge >= 0.3 is 11.9 Å². The van der Waals surface area contributed by atoms with E-state index in [0.29, 0.717) is 0 Å². The summed E-state index contributed by atoms with van der Waals surface area (Å²) in [5, 5.41) is 19.6. The number of carboxylic acids is 2. The van der Waals surface area contributed by atoms with E-state index in [1.807, 2.05) is 0 Å². The van der Waals surface area contributed by atoms with Crippen LogP contribution in [-0.2, 0) is 0 Å². The molecule has 6 heteroatoms. The highest BCUT2D eigenvalue weighted by molar-refractivity contribution is 6.02. The topological polar surface area (TPSA) is 104 Å². The quantitative estimate of drug-likeness (QED) is 0.710. The fourth-order valence-corrected chi connectivity index (χ4v) is 0.987. The van der Waals surface area contributed by atoms with Gasteiger partial charge in [-0.25, -0.2) is 9.59 Å². The van der Waals surface area contributed by atoms with Crippen LogP contribution in [0.3, 0.4) is 0 Å². The molecule has 1 aromatic carbocycles. The summed E-state index contributed by atoms with van der Waals surface area (Å²) < 4.78 is 0. The molecule has 0 heterocycles. The lowest BCUT2D eigenvalue weighted by Gasteiger charge is -2.00. The van der Waals surface area contributed by atoms with Crippen molar-refractivity contribution in [2.45, 2.75) is 0 Å². The molecular formula is C8H5NO5. The molecule has 0 saturated carbocycles. The Morgan fingerprint density at radius 3 is 1.79 bits per heavy atom. The van der Waals surface area contributed by atoms with Crippen molar-refractivity contribution in [1.29, 1.82) is 0 Å². The molecule has 0 fully saturated rings. The van der Waals surface area contributed by atoms with Crippen molar-refractivity contribution in [3.05, 3.63) is 34.2 Å². The Bertz CT molecular complexity index is 380. The first-order valence-corrected chi connectivity index (χ1v) is 3.51. The first kappa shape index (κ1) is 9.85. The Hall–Kier alpha value is -2.24. The average Bonchev–Trinajstić information content (AvgIpc) is 2.16. The number of hydrogen-bond donors (Lipinski definition) is 2. The third-order valence-electron chi connectivity index (χ3n) is 1.59. The minimum Gasteiger partial charge on any atom is -0.478 e. The molecule has 6 nitrogen and oxygen atoms in total. The van der Waals surface area contributed by atoms with E-state index in [-0.39, 0.29) is 0 Å². The lowest BCUT2D eigenvalue weighted by molar-refractivity contribution is 0.0696. The molecule has 0 spiro atoms. The Balaban J connectivity index is 3.47. The highest BCUT2D eigenvalue weighted by Crippen LogP contribution is 2.24. The van der Waals surface area contributed by atoms with Crippen LogP contribution >= 0.6 is 0 Å². The molecule has 72 valence electrons. The van der Waals surface area contributed by atoms with E-state index in [0.717, 1.165) is 12.1 Å². The third-order valence-corrected chi connectivity index (χ3v) is 1.59. The molecule has 0 aliphatic heterocycles. The maximum absolute atomic E-state index is 10.6. The molecule has 14 heavy (non-hydrogen) atoms. The van der Waals surface area contributed by atoms with Gasteiger partial charge in [0.2, 0.25) is 0 Å². The van der Waals surface area contributed by atoms with Crippen LogP contribution in [0.1, 0.15) is 20.7 Å². The van der Waals surface area contributed by atoms with Gasteiger partial charge in [0, 0.05) is 0 Å². The Morgan fingerprint density at radius 2 is 1.50 bits per heavy atom. The summed E-state index contributed by atoms with van der Waals surface area (Å²) in [6.45, 7) is 0. The van der Waals surface area contributed by atoms with Crippen LogP contribution in [0.4, 0.5) is 5.69 Å². The molecule has 0 saturated heterocycles. The van der Waals surface area contributed by atoms with Gasteiger partial charge in [-0.2, -0.15) is 0 Å². The lowest BCUT2D eigenvalue weighted by atomic mass is 10.1. The van der Waals surface area contributed by atoms with Crippen molar-refractivity contribution in [3.63, 3.8) is 0 Å². The van der Waals surface area contributed by atoms with Crippen molar-refractivity contribution in [3.8, 4) is 0 Å². The summed E-state index contributed by atoms with van der Waals surface area (Å²) >= 11 is 0. The highest BCUT2D eigenvalue weighted by Gasteiger charge is 2.18. The van der Waals surface area contributed by atoms with Gasteiger partial charge < -0.3 is 10.2 Å². The maximum atomic E-state index is 10.6. The van der Waals surface area contributed by atoms with Gasteiger partial charge in [-0.15, -0.1) is 4.91 Å². The molecular weight excluding hydrogens is 190 g/mol. The number of carbonyl (C=O) groups is 2. The molecule has 1 aromatic rings. The molecule has 0 aliphatic carbocycles.